The molecule has 1 rings (SSSR count). The van der Waals surface area contributed by atoms with E-state index in [4.69, 9.17) is 15.7 Å². The van der Waals surface area contributed by atoms with E-state index < -0.39 is 12.3 Å². The lowest BCUT2D eigenvalue weighted by Crippen LogP contribution is -2.32. The normalized spacial score (nSPS) is 16.7. The zero-order valence-corrected chi connectivity index (χ0v) is 7.82. The van der Waals surface area contributed by atoms with Crippen LogP contribution in [0.2, 0.25) is 0 Å². The third kappa shape index (κ3) is 3.46. The highest BCUT2D eigenvalue weighted by Gasteiger charge is 2.12. The number of nitrogens with two attached hydrogens (primary N) is 1. The zero-order chi connectivity index (χ0) is 10.4. The summed E-state index contributed by atoms with van der Waals surface area (Å²) in [7, 11) is 0. The fraction of sp³-hybridized carbons (Fsp3) is 0.556. The average molecular weight is 195 g/mol. The topological polar surface area (TPSA) is 88.1 Å². The molecule has 0 saturated heterocycles. The smallest absolute Gasteiger partial charge is 0.412 e. The lowest BCUT2D eigenvalue weighted by atomic mass is 10.3. The Morgan fingerprint density at radius 2 is 2.64 bits per heavy atom. The van der Waals surface area contributed by atoms with Gasteiger partial charge >= 0.3 is 6.09 Å². The molecular formula is C9H13N3O2. The van der Waals surface area contributed by atoms with Crippen LogP contribution in [0, 0.1) is 11.3 Å². The van der Waals surface area contributed by atoms with Gasteiger partial charge < -0.3 is 4.74 Å². The van der Waals surface area contributed by atoms with Crippen LogP contribution in [0.4, 0.5) is 4.79 Å². The number of rotatable bonds is 3. The van der Waals surface area contributed by atoms with E-state index in [2.05, 4.69) is 5.32 Å². The second kappa shape index (κ2) is 5.25. The highest BCUT2D eigenvalue weighted by molar-refractivity contribution is 5.69. The molecule has 1 aliphatic rings. The Balaban J connectivity index is 2.25. The molecule has 0 saturated carbocycles. The zero-order valence-electron chi connectivity index (χ0n) is 7.82. The van der Waals surface area contributed by atoms with E-state index in [-0.39, 0.29) is 6.42 Å². The van der Waals surface area contributed by atoms with Crippen LogP contribution in [0.3, 0.4) is 0 Å². The number of nitriles is 1. The maximum Gasteiger partial charge on any atom is 0.412 e. The van der Waals surface area contributed by atoms with Gasteiger partial charge in [-0.2, -0.15) is 5.26 Å². The van der Waals surface area contributed by atoms with Crippen molar-refractivity contribution in [1.82, 2.24) is 5.32 Å². The van der Waals surface area contributed by atoms with E-state index in [0.29, 0.717) is 0 Å². The Labute approximate surface area is 82.5 Å². The summed E-state index contributed by atoms with van der Waals surface area (Å²) in [6.45, 7) is 0. The van der Waals surface area contributed by atoms with Gasteiger partial charge in [0.2, 0.25) is 0 Å². The quantitative estimate of drug-likeness (QED) is 0.657. The lowest BCUT2D eigenvalue weighted by Gasteiger charge is -2.10. The third-order valence-corrected chi connectivity index (χ3v) is 1.85. The Hall–Kier alpha value is -1.54. The first-order valence-corrected chi connectivity index (χ1v) is 4.51. The summed E-state index contributed by atoms with van der Waals surface area (Å²) >= 11 is 0. The number of ether oxygens (including phenoxy) is 1. The van der Waals surface area contributed by atoms with Crippen LogP contribution in [0.1, 0.15) is 25.7 Å². The predicted molar refractivity (Wildman–Crippen MR) is 49.8 cm³/mol. The highest BCUT2D eigenvalue weighted by Crippen LogP contribution is 2.14. The molecule has 5 heteroatoms. The van der Waals surface area contributed by atoms with Crippen molar-refractivity contribution in [2.75, 3.05) is 0 Å². The summed E-state index contributed by atoms with van der Waals surface area (Å²) in [5.74, 6) is 0. The number of allylic oxidation sites excluding steroid dienone is 2. The Kier molecular flexibility index (Phi) is 3.95. The van der Waals surface area contributed by atoms with Crippen molar-refractivity contribution in [1.29, 1.82) is 5.26 Å². The van der Waals surface area contributed by atoms with Gasteiger partial charge in [0, 0.05) is 5.70 Å². The second-order valence-electron chi connectivity index (χ2n) is 3.05. The lowest BCUT2D eigenvalue weighted by molar-refractivity contribution is 0.105. The number of amides is 1. The molecule has 0 aromatic rings. The molecule has 0 bridgehead atoms. The van der Waals surface area contributed by atoms with Crippen LogP contribution in [-0.4, -0.2) is 12.3 Å². The van der Waals surface area contributed by atoms with E-state index in [0.717, 1.165) is 25.0 Å². The average Bonchev–Trinajstić information content (AvgIpc) is 2.56. The summed E-state index contributed by atoms with van der Waals surface area (Å²) in [4.78, 5) is 11.1. The number of carbonyl (C=O) groups is 1. The molecule has 1 aliphatic carbocycles. The molecule has 0 spiro atoms. The fourth-order valence-electron chi connectivity index (χ4n) is 1.21. The Bertz CT molecular complexity index is 280. The first-order chi connectivity index (χ1) is 6.72. The van der Waals surface area contributed by atoms with Gasteiger partial charge in [0.05, 0.1) is 12.5 Å². The van der Waals surface area contributed by atoms with Gasteiger partial charge in [0.15, 0.2) is 6.23 Å². The molecule has 0 aliphatic heterocycles. The maximum absolute atomic E-state index is 11.1. The van der Waals surface area contributed by atoms with Gasteiger partial charge in [-0.25, -0.2) is 4.79 Å². The highest BCUT2D eigenvalue weighted by atomic mass is 16.6. The van der Waals surface area contributed by atoms with E-state index in [1.807, 2.05) is 12.1 Å². The molecule has 1 amide bonds. The van der Waals surface area contributed by atoms with Gasteiger partial charge in [-0.15, -0.1) is 0 Å². The fourth-order valence-corrected chi connectivity index (χ4v) is 1.21. The van der Waals surface area contributed by atoms with Gasteiger partial charge in [-0.3, -0.25) is 11.1 Å². The molecule has 0 fully saturated rings. The molecule has 0 radical (unpaired) electrons. The molecule has 0 aromatic heterocycles. The van der Waals surface area contributed by atoms with Gasteiger partial charge in [-0.1, -0.05) is 6.08 Å². The van der Waals surface area contributed by atoms with Crippen molar-refractivity contribution in [3.8, 4) is 6.07 Å². The minimum absolute atomic E-state index is 0.00642. The van der Waals surface area contributed by atoms with Crippen molar-refractivity contribution in [2.24, 2.45) is 5.73 Å². The monoisotopic (exact) mass is 195 g/mol. The summed E-state index contributed by atoms with van der Waals surface area (Å²) < 4.78 is 4.72. The first kappa shape index (κ1) is 10.5. The molecular weight excluding hydrogens is 182 g/mol. The van der Waals surface area contributed by atoms with E-state index in [1.54, 1.807) is 0 Å². The van der Waals surface area contributed by atoms with Crippen LogP contribution in [-0.2, 0) is 4.74 Å². The van der Waals surface area contributed by atoms with Gasteiger partial charge in [-0.05, 0) is 19.3 Å². The third-order valence-electron chi connectivity index (χ3n) is 1.85. The van der Waals surface area contributed by atoms with Crippen molar-refractivity contribution in [3.05, 3.63) is 11.8 Å². The summed E-state index contributed by atoms with van der Waals surface area (Å²) in [6.07, 6.45) is 3.44. The first-order valence-electron chi connectivity index (χ1n) is 4.51. The van der Waals surface area contributed by atoms with Crippen molar-refractivity contribution >= 4 is 6.09 Å². The molecule has 3 N–H and O–H groups in total. The van der Waals surface area contributed by atoms with E-state index in [1.165, 1.54) is 0 Å². The molecule has 1 unspecified atom stereocenters. The van der Waals surface area contributed by atoms with E-state index >= 15 is 0 Å². The molecule has 5 nitrogen and oxygen atoms in total. The minimum Gasteiger partial charge on any atom is -0.429 e. The van der Waals surface area contributed by atoms with Crippen LogP contribution < -0.4 is 11.1 Å². The van der Waals surface area contributed by atoms with Crippen molar-refractivity contribution in [3.63, 3.8) is 0 Å². The summed E-state index contributed by atoms with van der Waals surface area (Å²) in [6, 6.07) is 1.82. The minimum atomic E-state index is -0.845. The maximum atomic E-state index is 11.1. The molecule has 1 atom stereocenters. The summed E-state index contributed by atoms with van der Waals surface area (Å²) in [5.41, 5.74) is 6.21. The SMILES string of the molecule is N#CCC(N)OC(=O)NC1=CCCC1. The number of nitrogens with zero attached hydrogens (tertiary/aromatic N) is 1. The summed E-state index contributed by atoms with van der Waals surface area (Å²) in [5, 5.41) is 10.9. The molecule has 76 valence electrons. The number of hydrogen-bond donors (Lipinski definition) is 2. The number of nitrogens with one attached hydrogen (secondary N) is 1. The standard InChI is InChI=1S/C9H13N3O2/c10-6-5-8(11)14-9(13)12-7-3-1-2-4-7/h3,8H,1-2,4-5,11H2,(H,12,13). The van der Waals surface area contributed by atoms with Crippen LogP contribution in [0.5, 0.6) is 0 Å². The predicted octanol–water partition coefficient (Wildman–Crippen LogP) is 0.979. The molecule has 0 heterocycles. The largest absolute Gasteiger partial charge is 0.429 e. The van der Waals surface area contributed by atoms with Crippen LogP contribution >= 0.6 is 0 Å². The number of carbonyl (C=O) groups excluding carboxylic acids is 1. The second-order valence-corrected chi connectivity index (χ2v) is 3.05. The van der Waals surface area contributed by atoms with Gasteiger partial charge in [0.1, 0.15) is 0 Å². The number of alkyl carbamates (subject to hydrolysis) is 1. The molecule has 0 aromatic carbocycles. The van der Waals surface area contributed by atoms with Crippen molar-refractivity contribution in [2.45, 2.75) is 31.9 Å². The van der Waals surface area contributed by atoms with Gasteiger partial charge in [0.25, 0.3) is 0 Å². The number of hydrogen-bond acceptors (Lipinski definition) is 4. The van der Waals surface area contributed by atoms with Crippen LogP contribution in [0.15, 0.2) is 11.8 Å². The van der Waals surface area contributed by atoms with Crippen LogP contribution in [0.25, 0.3) is 0 Å². The molecule has 14 heavy (non-hydrogen) atoms. The Morgan fingerprint density at radius 3 is 3.21 bits per heavy atom. The van der Waals surface area contributed by atoms with E-state index in [9.17, 15) is 4.79 Å². The van der Waals surface area contributed by atoms with Crippen molar-refractivity contribution < 1.29 is 9.53 Å². The Morgan fingerprint density at radius 1 is 1.86 bits per heavy atom.